The molecule has 5 heteroatoms. The number of methoxy groups -OCH3 is 2. The predicted molar refractivity (Wildman–Crippen MR) is 87.8 cm³/mol. The summed E-state index contributed by atoms with van der Waals surface area (Å²) in [5.41, 5.74) is 3.36. The van der Waals surface area contributed by atoms with E-state index in [2.05, 4.69) is 6.07 Å². The summed E-state index contributed by atoms with van der Waals surface area (Å²) in [4.78, 5) is 4.70. The van der Waals surface area contributed by atoms with Crippen molar-refractivity contribution in [3.05, 3.63) is 48.3 Å². The van der Waals surface area contributed by atoms with Crippen LogP contribution in [0.4, 0.5) is 0 Å². The summed E-state index contributed by atoms with van der Waals surface area (Å²) in [6.45, 7) is 1.88. The fourth-order valence-corrected chi connectivity index (χ4v) is 2.69. The van der Waals surface area contributed by atoms with Gasteiger partial charge in [-0.2, -0.15) is 5.26 Å². The number of hydrogen-bond donors (Lipinski definition) is 0. The highest BCUT2D eigenvalue weighted by molar-refractivity contribution is 5.70. The molecular weight excluding hydrogens is 290 g/mol. The van der Waals surface area contributed by atoms with Gasteiger partial charge in [-0.3, -0.25) is 0 Å². The SMILES string of the molecule is COc1ccc(-c2nc3ccccn3c2C(C)C#N)cc1OC. The molecule has 0 aliphatic heterocycles. The van der Waals surface area contributed by atoms with Gasteiger partial charge < -0.3 is 13.9 Å². The summed E-state index contributed by atoms with van der Waals surface area (Å²) in [5.74, 6) is 1.02. The molecule has 3 rings (SSSR count). The number of rotatable bonds is 4. The fraction of sp³-hybridized carbons (Fsp3) is 0.222. The molecule has 1 unspecified atom stereocenters. The molecule has 2 heterocycles. The van der Waals surface area contributed by atoms with Crippen LogP contribution in [0.3, 0.4) is 0 Å². The summed E-state index contributed by atoms with van der Waals surface area (Å²) in [7, 11) is 3.20. The molecule has 0 N–H and O–H groups in total. The second-order valence-corrected chi connectivity index (χ2v) is 5.20. The van der Waals surface area contributed by atoms with E-state index in [9.17, 15) is 5.26 Å². The van der Waals surface area contributed by atoms with Crippen LogP contribution in [0.25, 0.3) is 16.9 Å². The van der Waals surface area contributed by atoms with Crippen LogP contribution in [0.5, 0.6) is 11.5 Å². The molecule has 0 saturated carbocycles. The molecule has 5 nitrogen and oxygen atoms in total. The van der Waals surface area contributed by atoms with E-state index in [0.29, 0.717) is 11.5 Å². The van der Waals surface area contributed by atoms with Gasteiger partial charge in [0.05, 0.1) is 37.6 Å². The van der Waals surface area contributed by atoms with E-state index in [1.807, 2.05) is 53.9 Å². The molecule has 0 bridgehead atoms. The molecule has 1 aromatic carbocycles. The molecule has 0 saturated heterocycles. The number of benzene rings is 1. The summed E-state index contributed by atoms with van der Waals surface area (Å²) in [6.07, 6.45) is 1.93. The first-order valence-electron chi connectivity index (χ1n) is 7.28. The molecule has 0 aliphatic rings. The Morgan fingerprint density at radius 3 is 2.61 bits per heavy atom. The lowest BCUT2D eigenvalue weighted by molar-refractivity contribution is 0.355. The molecule has 0 amide bonds. The minimum Gasteiger partial charge on any atom is -0.493 e. The van der Waals surface area contributed by atoms with Crippen LogP contribution in [0.2, 0.25) is 0 Å². The van der Waals surface area contributed by atoms with Gasteiger partial charge in [0.1, 0.15) is 5.65 Å². The van der Waals surface area contributed by atoms with Crippen molar-refractivity contribution < 1.29 is 9.47 Å². The Labute approximate surface area is 134 Å². The normalized spacial score (nSPS) is 11.9. The second-order valence-electron chi connectivity index (χ2n) is 5.20. The van der Waals surface area contributed by atoms with Gasteiger partial charge in [-0.1, -0.05) is 6.07 Å². The van der Waals surface area contributed by atoms with Gasteiger partial charge in [-0.25, -0.2) is 4.98 Å². The first-order chi connectivity index (χ1) is 11.2. The zero-order valence-corrected chi connectivity index (χ0v) is 13.3. The van der Waals surface area contributed by atoms with Crippen LogP contribution in [0.15, 0.2) is 42.6 Å². The van der Waals surface area contributed by atoms with Crippen LogP contribution in [0.1, 0.15) is 18.5 Å². The zero-order valence-electron chi connectivity index (χ0n) is 13.3. The molecular formula is C18H17N3O2. The largest absolute Gasteiger partial charge is 0.493 e. The Hall–Kier alpha value is -3.00. The van der Waals surface area contributed by atoms with E-state index in [0.717, 1.165) is 22.6 Å². The molecule has 0 fully saturated rings. The van der Waals surface area contributed by atoms with E-state index in [4.69, 9.17) is 14.5 Å². The Balaban J connectivity index is 2.26. The van der Waals surface area contributed by atoms with Crippen LogP contribution in [-0.4, -0.2) is 23.6 Å². The Kier molecular flexibility index (Phi) is 3.90. The van der Waals surface area contributed by atoms with Crippen molar-refractivity contribution in [1.82, 2.24) is 9.38 Å². The van der Waals surface area contributed by atoms with Crippen molar-refractivity contribution in [3.63, 3.8) is 0 Å². The van der Waals surface area contributed by atoms with Gasteiger partial charge in [0.15, 0.2) is 11.5 Å². The highest BCUT2D eigenvalue weighted by atomic mass is 16.5. The van der Waals surface area contributed by atoms with Crippen LogP contribution in [-0.2, 0) is 0 Å². The minimum absolute atomic E-state index is 0.282. The maximum absolute atomic E-state index is 9.38. The average molecular weight is 307 g/mol. The van der Waals surface area contributed by atoms with Crippen LogP contribution < -0.4 is 9.47 Å². The van der Waals surface area contributed by atoms with E-state index in [-0.39, 0.29) is 5.92 Å². The van der Waals surface area contributed by atoms with E-state index < -0.39 is 0 Å². The topological polar surface area (TPSA) is 59.5 Å². The van der Waals surface area contributed by atoms with Crippen LogP contribution >= 0.6 is 0 Å². The molecule has 3 aromatic rings. The van der Waals surface area contributed by atoms with E-state index in [1.165, 1.54) is 0 Å². The Bertz CT molecular complexity index is 893. The summed E-state index contributed by atoms with van der Waals surface area (Å²) in [5, 5.41) is 9.38. The third-order valence-corrected chi connectivity index (χ3v) is 3.83. The number of hydrogen-bond acceptors (Lipinski definition) is 4. The first-order valence-corrected chi connectivity index (χ1v) is 7.28. The molecule has 0 spiro atoms. The summed E-state index contributed by atoms with van der Waals surface area (Å²) >= 11 is 0. The smallest absolute Gasteiger partial charge is 0.161 e. The van der Waals surface area contributed by atoms with Gasteiger partial charge >= 0.3 is 0 Å². The lowest BCUT2D eigenvalue weighted by Crippen LogP contribution is -1.98. The highest BCUT2D eigenvalue weighted by Crippen LogP contribution is 2.35. The monoisotopic (exact) mass is 307 g/mol. The number of nitrogens with zero attached hydrogens (tertiary/aromatic N) is 3. The maximum atomic E-state index is 9.38. The van der Waals surface area contributed by atoms with Gasteiger partial charge in [-0.05, 0) is 37.3 Å². The van der Waals surface area contributed by atoms with Crippen molar-refractivity contribution in [2.24, 2.45) is 0 Å². The third kappa shape index (κ3) is 2.49. The second kappa shape index (κ2) is 6.01. The Morgan fingerprint density at radius 2 is 1.91 bits per heavy atom. The summed E-state index contributed by atoms with van der Waals surface area (Å²) in [6, 6.07) is 13.8. The Morgan fingerprint density at radius 1 is 1.13 bits per heavy atom. The maximum Gasteiger partial charge on any atom is 0.161 e. The quantitative estimate of drug-likeness (QED) is 0.738. The van der Waals surface area contributed by atoms with Crippen molar-refractivity contribution in [2.75, 3.05) is 14.2 Å². The van der Waals surface area contributed by atoms with Gasteiger partial charge in [0, 0.05) is 11.8 Å². The number of fused-ring (bicyclic) bond motifs is 1. The zero-order chi connectivity index (χ0) is 16.4. The average Bonchev–Trinajstić information content (AvgIpc) is 2.99. The number of pyridine rings is 1. The van der Waals surface area contributed by atoms with E-state index in [1.54, 1.807) is 14.2 Å². The molecule has 1 atom stereocenters. The summed E-state index contributed by atoms with van der Waals surface area (Å²) < 4.78 is 12.6. The van der Waals surface area contributed by atoms with Gasteiger partial charge in [-0.15, -0.1) is 0 Å². The molecule has 0 radical (unpaired) electrons. The predicted octanol–water partition coefficient (Wildman–Crippen LogP) is 3.65. The lowest BCUT2D eigenvalue weighted by atomic mass is 10.0. The minimum atomic E-state index is -0.282. The van der Waals surface area contributed by atoms with Crippen molar-refractivity contribution >= 4 is 5.65 Å². The van der Waals surface area contributed by atoms with Gasteiger partial charge in [0.2, 0.25) is 0 Å². The fourth-order valence-electron chi connectivity index (χ4n) is 2.69. The molecule has 0 aliphatic carbocycles. The first kappa shape index (κ1) is 14.9. The van der Waals surface area contributed by atoms with Gasteiger partial charge in [0.25, 0.3) is 0 Å². The molecule has 116 valence electrons. The third-order valence-electron chi connectivity index (χ3n) is 3.83. The van der Waals surface area contributed by atoms with Crippen molar-refractivity contribution in [1.29, 1.82) is 5.26 Å². The number of imidazole rings is 1. The lowest BCUT2D eigenvalue weighted by Gasteiger charge is -2.10. The van der Waals surface area contributed by atoms with Crippen LogP contribution in [0, 0.1) is 11.3 Å². The van der Waals surface area contributed by atoms with E-state index >= 15 is 0 Å². The molecule has 2 aromatic heterocycles. The standard InChI is InChI=1S/C18H17N3O2/c1-12(11-19)18-17(20-16-6-4-5-9-21(16)18)13-7-8-14(22-2)15(10-13)23-3/h4-10,12H,1-3H3. The van der Waals surface area contributed by atoms with Crippen molar-refractivity contribution in [3.8, 4) is 28.8 Å². The highest BCUT2D eigenvalue weighted by Gasteiger charge is 2.20. The molecule has 23 heavy (non-hydrogen) atoms. The number of nitriles is 1. The number of ether oxygens (including phenoxy) is 2. The number of aromatic nitrogens is 2. The van der Waals surface area contributed by atoms with Crippen molar-refractivity contribution in [2.45, 2.75) is 12.8 Å².